The van der Waals surface area contributed by atoms with E-state index in [1.807, 2.05) is 51.7 Å². The Kier molecular flexibility index (Phi) is 11.6. The van der Waals surface area contributed by atoms with Gasteiger partial charge in [-0.15, -0.1) is 0 Å². The number of carboxylic acid groups (broad SMARTS) is 1. The van der Waals surface area contributed by atoms with E-state index in [0.717, 1.165) is 66.8 Å². The number of H-pyrrole nitrogens is 2. The van der Waals surface area contributed by atoms with Crippen molar-refractivity contribution >= 4 is 45.8 Å². The van der Waals surface area contributed by atoms with Crippen LogP contribution in [0.3, 0.4) is 0 Å². The molecule has 0 spiro atoms. The smallest absolute Gasteiger partial charge is 0.407 e. The molecule has 4 amide bonds. The molecule has 3 aromatic carbocycles. The lowest BCUT2D eigenvalue weighted by Crippen LogP contribution is -2.53. The third kappa shape index (κ3) is 7.69. The van der Waals surface area contributed by atoms with Crippen LogP contribution in [0.15, 0.2) is 48.7 Å². The molecule has 8 rings (SSSR count). The summed E-state index contributed by atoms with van der Waals surface area (Å²) in [6.45, 7) is 10.9. The van der Waals surface area contributed by atoms with Gasteiger partial charge in [0, 0.05) is 43.6 Å². The molecule has 0 saturated carbocycles. The summed E-state index contributed by atoms with van der Waals surface area (Å²) in [5, 5.41) is 14.4. The number of hydrogen-bond donors (Lipinski definition) is 4. The fourth-order valence-corrected chi connectivity index (χ4v) is 9.74. The maximum atomic E-state index is 14.0. The van der Waals surface area contributed by atoms with Crippen LogP contribution < -0.4 is 10.1 Å². The standard InChI is InChI=1S/C46H56N8O8/c1-23(2)38(51-45(57)61-8)43(55)53-20-26(21-60-7)15-36(53)41-47-19-34(49-41)28-10-12-30-29(16-28)22-62-37-18-31-27(17-32(30)37)11-13-33-39(31)50-42(48-33)35-14-9-25(5)54(35)44(56)40(24(3)4)52(6)46(58)59/h10-13,16-19,23-26,35-36,38,40H,9,14-15,20-22H2,1-8H3,(H,47,49)(H,48,50)(H,51,57)(H,58,59)/t25-,26-,35-,36-,38-,40-/m0/s1. The van der Waals surface area contributed by atoms with Gasteiger partial charge in [-0.05, 0) is 84.4 Å². The van der Waals surface area contributed by atoms with Gasteiger partial charge < -0.3 is 44.4 Å². The van der Waals surface area contributed by atoms with Crippen LogP contribution in [0.2, 0.25) is 0 Å². The Labute approximate surface area is 360 Å². The van der Waals surface area contributed by atoms with Crippen LogP contribution in [0, 0.1) is 17.8 Å². The Bertz CT molecular complexity index is 2530. The minimum atomic E-state index is -1.14. The zero-order valence-electron chi connectivity index (χ0n) is 36.5. The van der Waals surface area contributed by atoms with Crippen LogP contribution in [0.4, 0.5) is 9.59 Å². The van der Waals surface area contributed by atoms with Gasteiger partial charge in [-0.3, -0.25) is 14.5 Å². The number of alkyl carbamates (subject to hydrolysis) is 1. The van der Waals surface area contributed by atoms with Crippen molar-refractivity contribution < 1.29 is 38.5 Å². The molecule has 2 saturated heterocycles. The van der Waals surface area contributed by atoms with E-state index in [9.17, 15) is 24.3 Å². The van der Waals surface area contributed by atoms with Gasteiger partial charge in [0.15, 0.2) is 0 Å². The molecule has 5 aromatic rings. The first-order chi connectivity index (χ1) is 29.7. The zero-order chi connectivity index (χ0) is 44.1. The molecule has 6 atom stereocenters. The van der Waals surface area contributed by atoms with Crippen LogP contribution in [0.5, 0.6) is 5.75 Å². The molecule has 0 unspecified atom stereocenters. The summed E-state index contributed by atoms with van der Waals surface area (Å²) in [5.74, 6) is 1.43. The zero-order valence-corrected chi connectivity index (χ0v) is 36.5. The molecule has 0 radical (unpaired) electrons. The van der Waals surface area contributed by atoms with Crippen LogP contribution >= 0.6 is 0 Å². The van der Waals surface area contributed by atoms with Crippen molar-refractivity contribution in [2.24, 2.45) is 17.8 Å². The molecule has 16 heteroatoms. The predicted octanol–water partition coefficient (Wildman–Crippen LogP) is 7.27. The summed E-state index contributed by atoms with van der Waals surface area (Å²) < 4.78 is 16.7. The number of likely N-dealkylation sites (N-methyl/N-ethyl adjacent to an activating group) is 1. The molecule has 328 valence electrons. The molecular weight excluding hydrogens is 793 g/mol. The lowest BCUT2D eigenvalue weighted by molar-refractivity contribution is -0.140. The Balaban J connectivity index is 1.06. The highest BCUT2D eigenvalue weighted by Crippen LogP contribution is 2.44. The minimum absolute atomic E-state index is 0.0692. The summed E-state index contributed by atoms with van der Waals surface area (Å²) in [4.78, 5) is 73.7. The molecule has 2 aromatic heterocycles. The third-order valence-electron chi connectivity index (χ3n) is 12.9. The number of ether oxygens (including phenoxy) is 3. The first-order valence-electron chi connectivity index (χ1n) is 21.4. The number of likely N-dealkylation sites (tertiary alicyclic amines) is 2. The molecule has 5 heterocycles. The topological polar surface area (TPSA) is 195 Å². The van der Waals surface area contributed by atoms with Gasteiger partial charge in [-0.2, -0.15) is 0 Å². The van der Waals surface area contributed by atoms with Crippen molar-refractivity contribution in [2.45, 2.75) is 90.7 Å². The van der Waals surface area contributed by atoms with Crippen molar-refractivity contribution in [3.8, 4) is 28.1 Å². The number of rotatable bonds is 11. The van der Waals surface area contributed by atoms with E-state index in [-0.39, 0.29) is 47.7 Å². The molecule has 4 N–H and O–H groups in total. The maximum Gasteiger partial charge on any atom is 0.407 e. The highest BCUT2D eigenvalue weighted by molar-refractivity contribution is 6.07. The normalized spacial score (nSPS) is 20.6. The minimum Gasteiger partial charge on any atom is -0.488 e. The van der Waals surface area contributed by atoms with Crippen LogP contribution in [0.25, 0.3) is 44.2 Å². The number of aromatic nitrogens is 4. The summed E-state index contributed by atoms with van der Waals surface area (Å²) in [6.07, 6.45) is 2.16. The number of hydrogen-bond acceptors (Lipinski definition) is 9. The number of carbonyl (C=O) groups excluding carboxylic acids is 3. The van der Waals surface area contributed by atoms with E-state index in [1.54, 1.807) is 18.2 Å². The largest absolute Gasteiger partial charge is 0.488 e. The number of nitrogens with one attached hydrogen (secondary N) is 3. The van der Waals surface area contributed by atoms with Crippen molar-refractivity contribution in [3.05, 3.63) is 65.9 Å². The lowest BCUT2D eigenvalue weighted by Gasteiger charge is -2.36. The first-order valence-corrected chi connectivity index (χ1v) is 21.4. The highest BCUT2D eigenvalue weighted by Gasteiger charge is 2.44. The highest BCUT2D eigenvalue weighted by atomic mass is 16.5. The van der Waals surface area contributed by atoms with Gasteiger partial charge in [0.05, 0.1) is 48.7 Å². The van der Waals surface area contributed by atoms with E-state index in [2.05, 4.69) is 45.6 Å². The Morgan fingerprint density at radius 1 is 0.968 bits per heavy atom. The van der Waals surface area contributed by atoms with Gasteiger partial charge in [0.1, 0.15) is 36.1 Å². The fourth-order valence-electron chi connectivity index (χ4n) is 9.74. The lowest BCUT2D eigenvalue weighted by atomic mass is 9.92. The van der Waals surface area contributed by atoms with Crippen LogP contribution in [-0.4, -0.2) is 116 Å². The summed E-state index contributed by atoms with van der Waals surface area (Å²) in [7, 11) is 4.39. The number of amides is 4. The Hall–Kier alpha value is -6.16. The van der Waals surface area contributed by atoms with E-state index in [4.69, 9.17) is 24.2 Å². The predicted molar refractivity (Wildman–Crippen MR) is 232 cm³/mol. The average molecular weight is 849 g/mol. The Morgan fingerprint density at radius 3 is 2.47 bits per heavy atom. The molecule has 16 nitrogen and oxygen atoms in total. The van der Waals surface area contributed by atoms with E-state index in [1.165, 1.54) is 14.2 Å². The van der Waals surface area contributed by atoms with Gasteiger partial charge in [-0.25, -0.2) is 19.6 Å². The number of nitrogens with zero attached hydrogens (tertiary/aromatic N) is 5. The third-order valence-corrected chi connectivity index (χ3v) is 12.9. The molecule has 0 bridgehead atoms. The summed E-state index contributed by atoms with van der Waals surface area (Å²) in [6, 6.07) is 12.2. The van der Waals surface area contributed by atoms with Crippen molar-refractivity contribution in [1.82, 2.24) is 40.0 Å². The number of aromatic amines is 2. The number of imidazole rings is 2. The van der Waals surface area contributed by atoms with Crippen molar-refractivity contribution in [1.29, 1.82) is 0 Å². The first kappa shape index (κ1) is 42.5. The average Bonchev–Trinajstić information content (AvgIpc) is 4.07. The van der Waals surface area contributed by atoms with Gasteiger partial charge in [0.25, 0.3) is 0 Å². The number of fused-ring (bicyclic) bond motifs is 6. The Morgan fingerprint density at radius 2 is 1.76 bits per heavy atom. The fraction of sp³-hybridized carbons (Fsp3) is 0.478. The van der Waals surface area contributed by atoms with Crippen molar-refractivity contribution in [3.63, 3.8) is 0 Å². The number of benzene rings is 3. The molecule has 0 aliphatic carbocycles. The van der Waals surface area contributed by atoms with E-state index >= 15 is 0 Å². The van der Waals surface area contributed by atoms with Crippen molar-refractivity contribution in [2.75, 3.05) is 34.4 Å². The molecule has 3 aliphatic heterocycles. The quantitative estimate of drug-likeness (QED) is 0.105. The van der Waals surface area contributed by atoms with E-state index < -0.39 is 24.3 Å². The number of carbonyl (C=O) groups is 4. The molecule has 62 heavy (non-hydrogen) atoms. The summed E-state index contributed by atoms with van der Waals surface area (Å²) in [5.41, 5.74) is 6.43. The second kappa shape index (κ2) is 17.0. The number of methoxy groups -OCH3 is 2. The van der Waals surface area contributed by atoms with Gasteiger partial charge >= 0.3 is 12.2 Å². The van der Waals surface area contributed by atoms with Crippen LogP contribution in [0.1, 0.15) is 83.2 Å². The van der Waals surface area contributed by atoms with Crippen LogP contribution in [-0.2, 0) is 25.7 Å². The maximum absolute atomic E-state index is 14.0. The summed E-state index contributed by atoms with van der Waals surface area (Å²) >= 11 is 0. The molecule has 2 fully saturated rings. The monoisotopic (exact) mass is 848 g/mol. The second-order valence-electron chi connectivity index (χ2n) is 17.7. The molecule has 3 aliphatic rings. The molecular formula is C46H56N8O8. The van der Waals surface area contributed by atoms with Gasteiger partial charge in [0.2, 0.25) is 11.8 Å². The second-order valence-corrected chi connectivity index (χ2v) is 17.7. The SMILES string of the molecule is COC[C@H]1C[C@@H](c2ncc(-c3ccc4c(c3)COc3cc5c(ccc6[nH]c([C@@H]7CC[C@H](C)N7C(=O)[C@H](C(C)C)N(C)C(=O)O)nc65)cc3-4)[nH]2)N(C(=O)[C@@H](NC(=O)OC)C(C)C)C1. The van der Waals surface area contributed by atoms with E-state index in [0.29, 0.717) is 44.2 Å². The van der Waals surface area contributed by atoms with Gasteiger partial charge in [-0.1, -0.05) is 45.9 Å².